The summed E-state index contributed by atoms with van der Waals surface area (Å²) in [5, 5.41) is 0. The van der Waals surface area contributed by atoms with E-state index in [0.29, 0.717) is 10.8 Å². The molecule has 3 saturated carbocycles. The number of nitrogens with zero attached hydrogens (tertiary/aromatic N) is 1. The fourth-order valence-electron chi connectivity index (χ4n) is 8.49. The highest BCUT2D eigenvalue weighted by atomic mass is 14.6. The first-order valence-electron chi connectivity index (χ1n) is 12.4. The van der Waals surface area contributed by atoms with Gasteiger partial charge in [0.2, 0.25) is 0 Å². The zero-order chi connectivity index (χ0) is 20.9. The molecule has 0 N–H and O–H groups in total. The first-order chi connectivity index (χ1) is 14.5. The van der Waals surface area contributed by atoms with Crippen molar-refractivity contribution in [3.05, 3.63) is 47.5 Å². The lowest BCUT2D eigenvalue weighted by atomic mass is 9.45. The minimum absolute atomic E-state index is 0.343. The first kappa shape index (κ1) is 20.3. The molecule has 1 aromatic rings. The maximum absolute atomic E-state index is 4.29. The van der Waals surface area contributed by atoms with Gasteiger partial charge in [0.1, 0.15) is 0 Å². The van der Waals surface area contributed by atoms with Crippen LogP contribution >= 0.6 is 0 Å². The van der Waals surface area contributed by atoms with Crippen molar-refractivity contribution in [3.8, 4) is 0 Å². The van der Waals surface area contributed by atoms with E-state index >= 15 is 0 Å². The Balaban J connectivity index is 1.46. The minimum atomic E-state index is 0.343. The van der Waals surface area contributed by atoms with Crippen molar-refractivity contribution < 1.29 is 0 Å². The predicted molar refractivity (Wildman–Crippen MR) is 130 cm³/mol. The van der Waals surface area contributed by atoms with E-state index in [1.54, 1.807) is 5.57 Å². The van der Waals surface area contributed by atoms with Crippen molar-refractivity contribution in [1.82, 2.24) is 0 Å². The number of benzene rings is 1. The summed E-state index contributed by atoms with van der Waals surface area (Å²) in [7, 11) is 1.86. The van der Waals surface area contributed by atoms with Gasteiger partial charge >= 0.3 is 0 Å². The van der Waals surface area contributed by atoms with Gasteiger partial charge < -0.3 is 0 Å². The van der Waals surface area contributed by atoms with Crippen molar-refractivity contribution in [2.75, 3.05) is 7.05 Å². The summed E-state index contributed by atoms with van der Waals surface area (Å²) in [4.78, 5) is 4.29. The van der Waals surface area contributed by atoms with Crippen LogP contribution in [0.25, 0.3) is 11.6 Å². The number of aliphatic imine (C=N–C) groups is 1. The molecule has 4 aliphatic carbocycles. The summed E-state index contributed by atoms with van der Waals surface area (Å²) in [5.74, 6) is 3.75. The van der Waals surface area contributed by atoms with Gasteiger partial charge in [0, 0.05) is 18.8 Å². The fraction of sp³-hybridized carbons (Fsp3) is 0.621. The monoisotopic (exact) mass is 401 g/mol. The molecular weight excluding hydrogens is 362 g/mol. The summed E-state index contributed by atoms with van der Waals surface area (Å²) >= 11 is 0. The van der Waals surface area contributed by atoms with Crippen LogP contribution in [0, 0.1) is 34.5 Å². The molecule has 0 saturated heterocycles. The number of hydrogen-bond acceptors (Lipinski definition) is 1. The van der Waals surface area contributed by atoms with Crippen LogP contribution in [0.15, 0.2) is 35.8 Å². The second-order valence-electron chi connectivity index (χ2n) is 11.1. The average molecular weight is 402 g/mol. The summed E-state index contributed by atoms with van der Waals surface area (Å²) in [6.07, 6.45) is 19.6. The lowest BCUT2D eigenvalue weighted by Gasteiger charge is -2.60. The van der Waals surface area contributed by atoms with Crippen LogP contribution in [-0.2, 0) is 0 Å². The van der Waals surface area contributed by atoms with Gasteiger partial charge in [-0.15, -0.1) is 0 Å². The second kappa shape index (κ2) is 7.50. The molecule has 1 heteroatoms. The molecule has 0 aromatic heterocycles. The third kappa shape index (κ3) is 2.91. The topological polar surface area (TPSA) is 12.4 Å². The van der Waals surface area contributed by atoms with Gasteiger partial charge in [0.25, 0.3) is 0 Å². The van der Waals surface area contributed by atoms with Gasteiger partial charge in [-0.25, -0.2) is 0 Å². The lowest BCUT2D eigenvalue weighted by molar-refractivity contribution is -0.0953. The molecule has 6 atom stereocenters. The van der Waals surface area contributed by atoms with Crippen LogP contribution in [0.4, 0.5) is 0 Å². The normalized spacial score (nSPS) is 40.4. The Morgan fingerprint density at radius 1 is 1.00 bits per heavy atom. The van der Waals surface area contributed by atoms with Gasteiger partial charge in [-0.1, -0.05) is 57.6 Å². The highest BCUT2D eigenvalue weighted by Gasteiger charge is 2.57. The van der Waals surface area contributed by atoms with Gasteiger partial charge in [-0.05, 0) is 102 Å². The van der Waals surface area contributed by atoms with Crippen LogP contribution in [0.5, 0.6) is 0 Å². The molecule has 1 aromatic carbocycles. The van der Waals surface area contributed by atoms with Crippen LogP contribution in [0.3, 0.4) is 0 Å². The van der Waals surface area contributed by atoms with Gasteiger partial charge in [-0.2, -0.15) is 0 Å². The fourth-order valence-corrected chi connectivity index (χ4v) is 8.49. The zero-order valence-corrected chi connectivity index (χ0v) is 19.3. The maximum Gasteiger partial charge on any atom is 0.0287 e. The molecule has 4 aliphatic rings. The lowest BCUT2D eigenvalue weighted by Crippen LogP contribution is -2.52. The van der Waals surface area contributed by atoms with Crippen LogP contribution in [-0.4, -0.2) is 13.3 Å². The molecular formula is C29H39N. The van der Waals surface area contributed by atoms with Crippen molar-refractivity contribution in [2.24, 2.45) is 39.5 Å². The van der Waals surface area contributed by atoms with Gasteiger partial charge in [0.15, 0.2) is 0 Å². The SMILES string of the molecule is C=Cc1ccc(C2=CCC3C4CCC5CCCCC5(C)C4CCC23C)cc1C=NC. The molecule has 3 fully saturated rings. The van der Waals surface area contributed by atoms with E-state index in [1.807, 2.05) is 19.3 Å². The van der Waals surface area contributed by atoms with E-state index < -0.39 is 0 Å². The Morgan fingerprint density at radius 2 is 1.87 bits per heavy atom. The molecule has 0 aliphatic heterocycles. The van der Waals surface area contributed by atoms with Crippen molar-refractivity contribution >= 4 is 17.9 Å². The quantitative estimate of drug-likeness (QED) is 0.458. The van der Waals surface area contributed by atoms with Crippen LogP contribution < -0.4 is 0 Å². The van der Waals surface area contributed by atoms with Gasteiger partial charge in [-0.3, -0.25) is 4.99 Å². The molecule has 0 heterocycles. The highest BCUT2D eigenvalue weighted by Crippen LogP contribution is 2.67. The molecule has 1 nitrogen and oxygen atoms in total. The van der Waals surface area contributed by atoms with Crippen molar-refractivity contribution in [1.29, 1.82) is 0 Å². The first-order valence-corrected chi connectivity index (χ1v) is 12.4. The van der Waals surface area contributed by atoms with E-state index in [0.717, 1.165) is 23.7 Å². The standard InChI is InChI=1S/C29H39N/c1-5-20-9-10-21(18-22(20)19-30-4)25-13-14-26-24-12-11-23-8-6-7-16-28(23,2)27(24)15-17-29(25,26)3/h5,9-10,13,18-19,23-24,26-27H,1,6-8,11-12,14-17H2,2-4H3. The average Bonchev–Trinajstić information content (AvgIpc) is 3.11. The van der Waals surface area contributed by atoms with Crippen molar-refractivity contribution in [2.45, 2.75) is 71.6 Å². The maximum atomic E-state index is 4.29. The third-order valence-corrected chi connectivity index (χ3v) is 10.0. The predicted octanol–water partition coefficient (Wildman–Crippen LogP) is 7.80. The zero-order valence-electron chi connectivity index (χ0n) is 19.3. The Labute approximate surface area is 183 Å². The Bertz CT molecular complexity index is 892. The molecule has 0 amide bonds. The summed E-state index contributed by atoms with van der Waals surface area (Å²) in [6, 6.07) is 6.92. The molecule has 0 spiro atoms. The molecule has 0 radical (unpaired) electrons. The second-order valence-corrected chi connectivity index (χ2v) is 11.1. The van der Waals surface area contributed by atoms with E-state index in [4.69, 9.17) is 0 Å². The van der Waals surface area contributed by atoms with Crippen LogP contribution in [0.2, 0.25) is 0 Å². The largest absolute Gasteiger partial charge is 0.296 e. The highest BCUT2D eigenvalue weighted by molar-refractivity contribution is 5.88. The smallest absolute Gasteiger partial charge is 0.0287 e. The number of rotatable bonds is 3. The summed E-state index contributed by atoms with van der Waals surface area (Å²) < 4.78 is 0. The Morgan fingerprint density at radius 3 is 2.67 bits per heavy atom. The van der Waals surface area contributed by atoms with E-state index in [2.05, 4.69) is 49.7 Å². The number of fused-ring (bicyclic) bond motifs is 5. The number of hydrogen-bond donors (Lipinski definition) is 0. The van der Waals surface area contributed by atoms with E-state index in [-0.39, 0.29) is 0 Å². The molecule has 30 heavy (non-hydrogen) atoms. The molecule has 5 rings (SSSR count). The van der Waals surface area contributed by atoms with Gasteiger partial charge in [0.05, 0.1) is 0 Å². The van der Waals surface area contributed by atoms with E-state index in [1.165, 1.54) is 74.5 Å². The van der Waals surface area contributed by atoms with Crippen molar-refractivity contribution in [3.63, 3.8) is 0 Å². The molecule has 160 valence electrons. The van der Waals surface area contributed by atoms with Crippen LogP contribution in [0.1, 0.15) is 88.3 Å². The third-order valence-electron chi connectivity index (χ3n) is 10.0. The Kier molecular flexibility index (Phi) is 5.07. The molecule has 0 bridgehead atoms. The Hall–Kier alpha value is -1.63. The summed E-state index contributed by atoms with van der Waals surface area (Å²) in [5.41, 5.74) is 6.37. The summed E-state index contributed by atoms with van der Waals surface area (Å²) in [6.45, 7) is 9.27. The molecule has 6 unspecified atom stereocenters. The number of allylic oxidation sites excluding steroid dienone is 2. The van der Waals surface area contributed by atoms with E-state index in [9.17, 15) is 0 Å². The minimum Gasteiger partial charge on any atom is -0.296 e.